The molecule has 2 aromatic carbocycles. The Hall–Kier alpha value is -3.06. The highest BCUT2D eigenvalue weighted by atomic mass is 32.1. The minimum absolute atomic E-state index is 0.0720. The Labute approximate surface area is 172 Å². The summed E-state index contributed by atoms with van der Waals surface area (Å²) in [6, 6.07) is 15.9. The number of para-hydroxylation sites is 1. The lowest BCUT2D eigenvalue weighted by molar-refractivity contribution is -0.118. The number of aromatic nitrogens is 3. The Morgan fingerprint density at radius 1 is 1.14 bits per heavy atom. The smallest absolute Gasteiger partial charge is 0.233 e. The van der Waals surface area contributed by atoms with Gasteiger partial charge in [0.25, 0.3) is 0 Å². The fraction of sp³-hybridized carbons (Fsp3) is 0.227. The summed E-state index contributed by atoms with van der Waals surface area (Å²) in [6.07, 6.45) is 0.188. The summed E-state index contributed by atoms with van der Waals surface area (Å²) in [4.78, 5) is 19.5. The van der Waals surface area contributed by atoms with E-state index in [4.69, 9.17) is 0 Å². The summed E-state index contributed by atoms with van der Waals surface area (Å²) in [5.74, 6) is -0.383. The van der Waals surface area contributed by atoms with Crippen molar-refractivity contribution in [2.45, 2.75) is 26.8 Å². The maximum atomic E-state index is 13.2. The van der Waals surface area contributed by atoms with Gasteiger partial charge in [-0.1, -0.05) is 35.6 Å². The Morgan fingerprint density at radius 3 is 2.59 bits per heavy atom. The van der Waals surface area contributed by atoms with Gasteiger partial charge in [0.05, 0.1) is 28.9 Å². The van der Waals surface area contributed by atoms with Crippen molar-refractivity contribution in [2.75, 3.05) is 11.4 Å². The van der Waals surface area contributed by atoms with Crippen LogP contribution in [0, 0.1) is 19.7 Å². The van der Waals surface area contributed by atoms with E-state index in [0.29, 0.717) is 18.2 Å². The third-order valence-electron chi connectivity index (χ3n) is 4.72. The second-order valence-corrected chi connectivity index (χ2v) is 7.97. The summed E-state index contributed by atoms with van der Waals surface area (Å²) in [6.45, 7) is 4.99. The molecule has 0 N–H and O–H groups in total. The van der Waals surface area contributed by atoms with E-state index in [1.54, 1.807) is 17.0 Å². The topological polar surface area (TPSA) is 51.0 Å². The summed E-state index contributed by atoms with van der Waals surface area (Å²) in [5, 5.41) is 5.16. The van der Waals surface area contributed by atoms with Gasteiger partial charge in [-0.25, -0.2) is 9.37 Å². The molecule has 0 saturated carbocycles. The highest BCUT2D eigenvalue weighted by molar-refractivity contribution is 7.22. The van der Waals surface area contributed by atoms with Gasteiger partial charge in [-0.2, -0.15) is 5.10 Å². The first-order valence-corrected chi connectivity index (χ1v) is 10.2. The molecular formula is C22H21FN4OS. The first kappa shape index (κ1) is 19.3. The summed E-state index contributed by atoms with van der Waals surface area (Å²) < 4.78 is 16.1. The molecule has 1 amide bonds. The third kappa shape index (κ3) is 4.35. The predicted octanol–water partition coefficient (Wildman–Crippen LogP) is 4.52. The maximum Gasteiger partial charge on any atom is 0.233 e. The zero-order chi connectivity index (χ0) is 20.4. The van der Waals surface area contributed by atoms with Gasteiger partial charge in [-0.05, 0) is 49.7 Å². The number of rotatable bonds is 6. The standard InChI is InChI=1S/C22H21FN4OS/c1-15-13-16(2)27(25-15)12-11-26(21(28)14-17-7-9-18(23)10-8-17)22-24-19-5-3-4-6-20(19)29-22/h3-10,13H,11-12,14H2,1-2H3. The fourth-order valence-electron chi connectivity index (χ4n) is 3.27. The molecule has 2 heterocycles. The first-order valence-electron chi connectivity index (χ1n) is 9.41. The van der Waals surface area contributed by atoms with Crippen LogP contribution in [0.3, 0.4) is 0 Å². The molecule has 0 saturated heterocycles. The zero-order valence-electron chi connectivity index (χ0n) is 16.3. The van der Waals surface area contributed by atoms with Crippen molar-refractivity contribution in [2.24, 2.45) is 0 Å². The summed E-state index contributed by atoms with van der Waals surface area (Å²) in [5.41, 5.74) is 3.65. The Kier molecular flexibility index (Phi) is 5.40. The van der Waals surface area contributed by atoms with Crippen LogP contribution in [0.5, 0.6) is 0 Å². The average molecular weight is 409 g/mol. The van der Waals surface area contributed by atoms with Gasteiger partial charge < -0.3 is 0 Å². The molecule has 0 bridgehead atoms. The molecule has 2 aromatic heterocycles. The van der Waals surface area contributed by atoms with E-state index in [2.05, 4.69) is 10.1 Å². The second kappa shape index (κ2) is 8.13. The number of halogens is 1. The molecule has 4 aromatic rings. The minimum Gasteiger partial charge on any atom is -0.286 e. The van der Waals surface area contributed by atoms with E-state index in [1.165, 1.54) is 23.5 Å². The van der Waals surface area contributed by atoms with E-state index in [0.717, 1.165) is 27.2 Å². The number of nitrogens with zero attached hydrogens (tertiary/aromatic N) is 4. The molecule has 29 heavy (non-hydrogen) atoms. The molecule has 0 radical (unpaired) electrons. The molecule has 4 rings (SSSR count). The predicted molar refractivity (Wildman–Crippen MR) is 114 cm³/mol. The molecule has 5 nitrogen and oxygen atoms in total. The quantitative estimate of drug-likeness (QED) is 0.471. The van der Waals surface area contributed by atoms with Crippen molar-refractivity contribution < 1.29 is 9.18 Å². The molecule has 0 spiro atoms. The Balaban J connectivity index is 1.61. The fourth-order valence-corrected chi connectivity index (χ4v) is 4.28. The van der Waals surface area contributed by atoms with Gasteiger partial charge in [0, 0.05) is 12.2 Å². The number of thiazole rings is 1. The number of anilines is 1. The van der Waals surface area contributed by atoms with E-state index >= 15 is 0 Å². The van der Waals surface area contributed by atoms with Crippen LogP contribution in [0.4, 0.5) is 9.52 Å². The summed E-state index contributed by atoms with van der Waals surface area (Å²) in [7, 11) is 0. The van der Waals surface area contributed by atoms with Gasteiger partial charge >= 0.3 is 0 Å². The van der Waals surface area contributed by atoms with Crippen molar-refractivity contribution >= 4 is 32.6 Å². The van der Waals surface area contributed by atoms with E-state index in [1.807, 2.05) is 48.9 Å². The van der Waals surface area contributed by atoms with Gasteiger partial charge in [0.1, 0.15) is 5.82 Å². The molecule has 0 aliphatic carbocycles. The molecule has 0 atom stereocenters. The van der Waals surface area contributed by atoms with Crippen molar-refractivity contribution in [1.29, 1.82) is 0 Å². The first-order chi connectivity index (χ1) is 14.0. The number of benzene rings is 2. The van der Waals surface area contributed by atoms with E-state index in [9.17, 15) is 9.18 Å². The van der Waals surface area contributed by atoms with Crippen LogP contribution >= 0.6 is 11.3 Å². The van der Waals surface area contributed by atoms with E-state index < -0.39 is 0 Å². The SMILES string of the molecule is Cc1cc(C)n(CCN(C(=O)Cc2ccc(F)cc2)c2nc3ccccc3s2)n1. The normalized spacial score (nSPS) is 11.1. The molecule has 0 aliphatic heterocycles. The Bertz CT molecular complexity index is 1120. The lowest BCUT2D eigenvalue weighted by atomic mass is 10.1. The van der Waals surface area contributed by atoms with Gasteiger partial charge in [0.2, 0.25) is 5.91 Å². The molecule has 7 heteroatoms. The lowest BCUT2D eigenvalue weighted by Gasteiger charge is -2.20. The summed E-state index contributed by atoms with van der Waals surface area (Å²) >= 11 is 1.50. The molecule has 0 aliphatic rings. The average Bonchev–Trinajstić information content (AvgIpc) is 3.26. The van der Waals surface area contributed by atoms with Crippen LogP contribution in [0.15, 0.2) is 54.6 Å². The van der Waals surface area contributed by atoms with Crippen LogP contribution < -0.4 is 4.90 Å². The Morgan fingerprint density at radius 2 is 1.90 bits per heavy atom. The highest BCUT2D eigenvalue weighted by Gasteiger charge is 2.20. The number of carbonyl (C=O) groups excluding carboxylic acids is 1. The van der Waals surface area contributed by atoms with Crippen LogP contribution in [-0.2, 0) is 17.8 Å². The number of fused-ring (bicyclic) bond motifs is 1. The van der Waals surface area contributed by atoms with Gasteiger partial charge in [-0.3, -0.25) is 14.4 Å². The molecular weight excluding hydrogens is 387 g/mol. The van der Waals surface area contributed by atoms with Crippen LogP contribution in [0.25, 0.3) is 10.2 Å². The molecule has 0 fully saturated rings. The zero-order valence-corrected chi connectivity index (χ0v) is 17.1. The van der Waals surface area contributed by atoms with Crippen LogP contribution in [0.1, 0.15) is 17.0 Å². The van der Waals surface area contributed by atoms with Crippen molar-refractivity contribution in [3.8, 4) is 0 Å². The van der Waals surface area contributed by atoms with Crippen LogP contribution in [0.2, 0.25) is 0 Å². The number of hydrogen-bond donors (Lipinski definition) is 0. The number of carbonyl (C=O) groups is 1. The molecule has 0 unspecified atom stereocenters. The van der Waals surface area contributed by atoms with Crippen molar-refractivity contribution in [3.63, 3.8) is 0 Å². The highest BCUT2D eigenvalue weighted by Crippen LogP contribution is 2.29. The number of hydrogen-bond acceptors (Lipinski definition) is 4. The monoisotopic (exact) mass is 408 g/mol. The van der Waals surface area contributed by atoms with Gasteiger partial charge in [0.15, 0.2) is 5.13 Å². The van der Waals surface area contributed by atoms with Crippen LogP contribution in [-0.4, -0.2) is 27.2 Å². The number of amides is 1. The minimum atomic E-state index is -0.311. The molecule has 148 valence electrons. The third-order valence-corrected chi connectivity index (χ3v) is 5.78. The largest absolute Gasteiger partial charge is 0.286 e. The maximum absolute atomic E-state index is 13.2. The second-order valence-electron chi connectivity index (χ2n) is 6.96. The number of aryl methyl sites for hydroxylation is 2. The van der Waals surface area contributed by atoms with Crippen molar-refractivity contribution in [3.05, 3.63) is 77.4 Å². The van der Waals surface area contributed by atoms with E-state index in [-0.39, 0.29) is 18.1 Å². The van der Waals surface area contributed by atoms with Crippen molar-refractivity contribution in [1.82, 2.24) is 14.8 Å². The lowest BCUT2D eigenvalue weighted by Crippen LogP contribution is -2.35. The van der Waals surface area contributed by atoms with Gasteiger partial charge in [-0.15, -0.1) is 0 Å².